The Morgan fingerprint density at radius 2 is 1.79 bits per heavy atom. The van der Waals surface area contributed by atoms with Gasteiger partial charge in [0, 0.05) is 45.8 Å². The van der Waals surface area contributed by atoms with Crippen molar-refractivity contribution in [2.45, 2.75) is 26.7 Å². The summed E-state index contributed by atoms with van der Waals surface area (Å²) in [4.78, 5) is 28.9. The maximum Gasteiger partial charge on any atom is 0.317 e. The van der Waals surface area contributed by atoms with Crippen LogP contribution in [0.4, 0.5) is 4.79 Å². The van der Waals surface area contributed by atoms with Gasteiger partial charge in [0.25, 0.3) is 0 Å². The molecular weight excluding hydrogens is 328 g/mol. The van der Waals surface area contributed by atoms with E-state index in [2.05, 4.69) is 29.4 Å². The van der Waals surface area contributed by atoms with Gasteiger partial charge in [-0.05, 0) is 30.6 Å². The molecule has 3 aliphatic heterocycles. The number of piperidine rings is 1. The van der Waals surface area contributed by atoms with E-state index in [0.29, 0.717) is 30.8 Å². The van der Waals surface area contributed by atoms with E-state index in [0.717, 1.165) is 45.6 Å². The molecule has 0 spiro atoms. The Balaban J connectivity index is 0.00000208. The van der Waals surface area contributed by atoms with Gasteiger partial charge < -0.3 is 20.4 Å². The maximum atomic E-state index is 12.8. The van der Waals surface area contributed by atoms with Crippen molar-refractivity contribution in [2.75, 3.05) is 45.8 Å². The molecule has 3 rings (SSSR count). The Morgan fingerprint density at radius 3 is 2.42 bits per heavy atom. The fourth-order valence-corrected chi connectivity index (χ4v) is 4.06. The summed E-state index contributed by atoms with van der Waals surface area (Å²) in [5, 5.41) is 6.38. The normalized spacial score (nSPS) is 29.4. The number of amides is 3. The Morgan fingerprint density at radius 1 is 1.12 bits per heavy atom. The van der Waals surface area contributed by atoms with Crippen molar-refractivity contribution in [3.63, 3.8) is 0 Å². The number of carbonyl (C=O) groups excluding carboxylic acids is 2. The van der Waals surface area contributed by atoms with E-state index < -0.39 is 0 Å². The summed E-state index contributed by atoms with van der Waals surface area (Å²) in [6.07, 6.45) is 1.84. The first-order valence-electron chi connectivity index (χ1n) is 9.07. The molecule has 0 aromatic rings. The zero-order chi connectivity index (χ0) is 16.4. The number of nitrogens with one attached hydrogen (secondary N) is 2. The summed E-state index contributed by atoms with van der Waals surface area (Å²) in [5.74, 6) is 1.96. The van der Waals surface area contributed by atoms with Gasteiger partial charge in [0.1, 0.15) is 0 Å². The van der Waals surface area contributed by atoms with Crippen molar-refractivity contribution in [3.8, 4) is 0 Å². The number of fused-ring (bicyclic) bond motifs is 1. The summed E-state index contributed by atoms with van der Waals surface area (Å²) in [5.41, 5.74) is 0. The minimum atomic E-state index is -0.0151. The number of nitrogens with zero attached hydrogens (tertiary/aromatic N) is 2. The van der Waals surface area contributed by atoms with E-state index in [1.807, 2.05) is 4.90 Å². The highest BCUT2D eigenvalue weighted by Gasteiger charge is 2.40. The Hall–Kier alpha value is -1.01. The summed E-state index contributed by atoms with van der Waals surface area (Å²) in [6, 6.07) is -0.0151. The molecule has 0 aromatic heterocycles. The van der Waals surface area contributed by atoms with Crippen LogP contribution in [0.2, 0.25) is 0 Å². The van der Waals surface area contributed by atoms with E-state index >= 15 is 0 Å². The van der Waals surface area contributed by atoms with Gasteiger partial charge in [0.2, 0.25) is 5.91 Å². The summed E-state index contributed by atoms with van der Waals surface area (Å²) in [6.45, 7) is 10.1. The lowest BCUT2D eigenvalue weighted by Crippen LogP contribution is -2.50. The minimum absolute atomic E-state index is 0. The third-order valence-electron chi connectivity index (χ3n) is 5.42. The molecule has 7 heteroatoms. The molecule has 0 aliphatic carbocycles. The minimum Gasteiger partial charge on any atom is -0.342 e. The Kier molecular flexibility index (Phi) is 6.75. The highest BCUT2D eigenvalue weighted by atomic mass is 35.5. The van der Waals surface area contributed by atoms with E-state index in [1.54, 1.807) is 0 Å². The van der Waals surface area contributed by atoms with Crippen LogP contribution in [0.5, 0.6) is 0 Å². The molecule has 3 atom stereocenters. The number of hydrogen-bond donors (Lipinski definition) is 2. The van der Waals surface area contributed by atoms with Gasteiger partial charge in [0.15, 0.2) is 0 Å². The van der Waals surface area contributed by atoms with E-state index in [-0.39, 0.29) is 30.3 Å². The monoisotopic (exact) mass is 358 g/mol. The van der Waals surface area contributed by atoms with E-state index in [9.17, 15) is 9.59 Å². The first-order valence-corrected chi connectivity index (χ1v) is 9.07. The molecule has 0 radical (unpaired) electrons. The van der Waals surface area contributed by atoms with Gasteiger partial charge in [-0.25, -0.2) is 4.79 Å². The van der Waals surface area contributed by atoms with Crippen LogP contribution in [-0.2, 0) is 4.79 Å². The third-order valence-corrected chi connectivity index (χ3v) is 5.42. The van der Waals surface area contributed by atoms with Crippen LogP contribution in [0.3, 0.4) is 0 Å². The van der Waals surface area contributed by atoms with Crippen LogP contribution < -0.4 is 10.6 Å². The van der Waals surface area contributed by atoms with Gasteiger partial charge in [-0.3, -0.25) is 4.79 Å². The topological polar surface area (TPSA) is 64.7 Å². The van der Waals surface area contributed by atoms with Crippen molar-refractivity contribution >= 4 is 24.3 Å². The van der Waals surface area contributed by atoms with Gasteiger partial charge in [0.05, 0.1) is 5.92 Å². The van der Waals surface area contributed by atoms with Crippen molar-refractivity contribution < 1.29 is 9.59 Å². The van der Waals surface area contributed by atoms with Gasteiger partial charge in [-0.15, -0.1) is 12.4 Å². The first-order chi connectivity index (χ1) is 11.0. The van der Waals surface area contributed by atoms with Gasteiger partial charge in [-0.1, -0.05) is 13.8 Å². The van der Waals surface area contributed by atoms with Gasteiger partial charge >= 0.3 is 6.03 Å². The van der Waals surface area contributed by atoms with Crippen LogP contribution in [0.25, 0.3) is 0 Å². The molecule has 3 saturated heterocycles. The third kappa shape index (κ3) is 4.33. The molecule has 3 heterocycles. The van der Waals surface area contributed by atoms with Crippen LogP contribution in [-0.4, -0.2) is 67.6 Å². The number of hydrogen-bond acceptors (Lipinski definition) is 3. The lowest BCUT2D eigenvalue weighted by Gasteiger charge is -2.34. The molecule has 0 bridgehead atoms. The second-order valence-corrected chi connectivity index (χ2v) is 7.79. The standard InChI is InChI=1S/C17H30N4O2.ClH/c1-12(2)6-19-17(23)20-5-3-4-13(9-20)16(22)21-10-14-7-18-8-15(14)11-21;/h12-15,18H,3-11H2,1-2H3,(H,19,23);1H/t13?,14-,15+;. The predicted octanol–water partition coefficient (Wildman–Crippen LogP) is 1.16. The van der Waals surface area contributed by atoms with E-state index in [1.165, 1.54) is 0 Å². The van der Waals surface area contributed by atoms with Crippen LogP contribution in [0, 0.1) is 23.7 Å². The number of rotatable bonds is 3. The molecule has 3 amide bonds. The number of carbonyl (C=O) groups is 2. The molecule has 3 fully saturated rings. The molecule has 6 nitrogen and oxygen atoms in total. The van der Waals surface area contributed by atoms with Crippen molar-refractivity contribution in [2.24, 2.45) is 23.7 Å². The fraction of sp³-hybridized carbons (Fsp3) is 0.882. The quantitative estimate of drug-likeness (QED) is 0.795. The summed E-state index contributed by atoms with van der Waals surface area (Å²) in [7, 11) is 0. The Bertz CT molecular complexity index is 448. The van der Waals surface area contributed by atoms with Crippen LogP contribution in [0.15, 0.2) is 0 Å². The second kappa shape index (κ2) is 8.39. The molecule has 3 aliphatic rings. The zero-order valence-electron chi connectivity index (χ0n) is 14.8. The van der Waals surface area contributed by atoms with E-state index in [4.69, 9.17) is 0 Å². The second-order valence-electron chi connectivity index (χ2n) is 7.79. The molecule has 1 unspecified atom stereocenters. The lowest BCUT2D eigenvalue weighted by atomic mass is 9.96. The number of likely N-dealkylation sites (tertiary alicyclic amines) is 2. The molecule has 2 N–H and O–H groups in total. The van der Waals surface area contributed by atoms with Crippen molar-refractivity contribution in [1.29, 1.82) is 0 Å². The smallest absolute Gasteiger partial charge is 0.317 e. The van der Waals surface area contributed by atoms with Crippen molar-refractivity contribution in [1.82, 2.24) is 20.4 Å². The molecule has 138 valence electrons. The zero-order valence-corrected chi connectivity index (χ0v) is 15.6. The maximum absolute atomic E-state index is 12.8. The fourth-order valence-electron chi connectivity index (χ4n) is 4.06. The SMILES string of the molecule is CC(C)CNC(=O)N1CCCC(C(=O)N2C[C@H]3CNC[C@H]3C2)C1.Cl. The average Bonchev–Trinajstić information content (AvgIpc) is 3.13. The molecule has 0 saturated carbocycles. The van der Waals surface area contributed by atoms with Crippen molar-refractivity contribution in [3.05, 3.63) is 0 Å². The largest absolute Gasteiger partial charge is 0.342 e. The Labute approximate surface area is 151 Å². The highest BCUT2D eigenvalue weighted by Crippen LogP contribution is 2.29. The molecular formula is C17H31ClN4O2. The van der Waals surface area contributed by atoms with Crippen LogP contribution in [0.1, 0.15) is 26.7 Å². The van der Waals surface area contributed by atoms with Crippen LogP contribution >= 0.6 is 12.4 Å². The average molecular weight is 359 g/mol. The molecule has 0 aromatic carbocycles. The lowest BCUT2D eigenvalue weighted by molar-refractivity contribution is -0.136. The summed E-state index contributed by atoms with van der Waals surface area (Å²) >= 11 is 0. The summed E-state index contributed by atoms with van der Waals surface area (Å²) < 4.78 is 0. The number of urea groups is 1. The highest BCUT2D eigenvalue weighted by molar-refractivity contribution is 5.85. The van der Waals surface area contributed by atoms with Gasteiger partial charge in [-0.2, -0.15) is 0 Å². The molecule has 24 heavy (non-hydrogen) atoms. The number of halogens is 1. The first kappa shape index (κ1) is 19.3. The predicted molar refractivity (Wildman–Crippen MR) is 96.2 cm³/mol.